The zero-order chi connectivity index (χ0) is 20.7. The van der Waals surface area contributed by atoms with Gasteiger partial charge in [0.15, 0.2) is 0 Å². The van der Waals surface area contributed by atoms with Gasteiger partial charge in [-0.1, -0.05) is 42.5 Å². The highest BCUT2D eigenvalue weighted by atomic mass is 16.5. The molecule has 2 aromatic rings. The van der Waals surface area contributed by atoms with Crippen LogP contribution in [0, 0.1) is 5.92 Å². The summed E-state index contributed by atoms with van der Waals surface area (Å²) in [5.41, 5.74) is 2.77. The highest BCUT2D eigenvalue weighted by Gasteiger charge is 2.41. The Morgan fingerprint density at radius 2 is 1.87 bits per heavy atom. The molecular formula is C24H26N2O4. The van der Waals surface area contributed by atoms with Gasteiger partial charge in [0.1, 0.15) is 24.5 Å². The molecule has 2 amide bonds. The van der Waals surface area contributed by atoms with E-state index in [2.05, 4.69) is 5.32 Å². The van der Waals surface area contributed by atoms with Crippen LogP contribution in [0.25, 0.3) is 0 Å². The van der Waals surface area contributed by atoms with Crippen molar-refractivity contribution in [2.75, 3.05) is 20.3 Å². The second kappa shape index (κ2) is 7.76. The van der Waals surface area contributed by atoms with Gasteiger partial charge >= 0.3 is 0 Å². The van der Waals surface area contributed by atoms with Gasteiger partial charge in [-0.2, -0.15) is 0 Å². The van der Waals surface area contributed by atoms with Crippen molar-refractivity contribution in [2.24, 2.45) is 5.92 Å². The number of rotatable bonds is 5. The van der Waals surface area contributed by atoms with Crippen molar-refractivity contribution in [3.63, 3.8) is 0 Å². The van der Waals surface area contributed by atoms with Crippen LogP contribution < -0.4 is 10.1 Å². The van der Waals surface area contributed by atoms with E-state index in [0.717, 1.165) is 35.3 Å². The largest absolute Gasteiger partial charge is 0.491 e. The van der Waals surface area contributed by atoms with Crippen LogP contribution in [0.15, 0.2) is 48.5 Å². The minimum absolute atomic E-state index is 0.0225. The van der Waals surface area contributed by atoms with E-state index >= 15 is 0 Å². The molecule has 2 unspecified atom stereocenters. The van der Waals surface area contributed by atoms with Crippen LogP contribution in [-0.4, -0.2) is 43.0 Å². The Morgan fingerprint density at radius 3 is 2.63 bits per heavy atom. The predicted molar refractivity (Wildman–Crippen MR) is 111 cm³/mol. The minimum atomic E-state index is -0.613. The Hall–Kier alpha value is -2.86. The summed E-state index contributed by atoms with van der Waals surface area (Å²) in [5.74, 6) is 1.13. The number of hydrogen-bond acceptors (Lipinski definition) is 4. The SMILES string of the molecule is COC1c2ccccc2OCC1NC(=O)[C@@H]1c2ccccc2CC(=O)N1CC1CC1. The van der Waals surface area contributed by atoms with Crippen molar-refractivity contribution in [1.82, 2.24) is 10.2 Å². The number of hydrogen-bond donors (Lipinski definition) is 1. The summed E-state index contributed by atoms with van der Waals surface area (Å²) < 4.78 is 11.6. The summed E-state index contributed by atoms with van der Waals surface area (Å²) >= 11 is 0. The Bertz CT molecular complexity index is 971. The molecule has 1 N–H and O–H groups in total. The van der Waals surface area contributed by atoms with Crippen LogP contribution in [0.5, 0.6) is 5.75 Å². The lowest BCUT2D eigenvalue weighted by atomic mass is 9.90. The average Bonchev–Trinajstić information content (AvgIpc) is 3.58. The van der Waals surface area contributed by atoms with Crippen LogP contribution in [0.1, 0.15) is 41.7 Å². The quantitative estimate of drug-likeness (QED) is 0.829. The van der Waals surface area contributed by atoms with Crippen molar-refractivity contribution in [2.45, 2.75) is 37.5 Å². The molecule has 1 fully saturated rings. The molecule has 3 atom stereocenters. The standard InChI is InChI=1S/C24H26N2O4/c1-29-23-18-8-4-5-9-20(18)30-14-19(23)25-24(28)22-17-7-3-2-6-16(17)12-21(27)26(22)13-15-10-11-15/h2-9,15,19,22-23H,10-14H2,1H3,(H,25,28)/t19?,22-,23?/m0/s1. The average molecular weight is 406 g/mol. The first-order valence-corrected chi connectivity index (χ1v) is 10.6. The molecule has 1 aliphatic carbocycles. The number of carbonyl (C=O) groups excluding carboxylic acids is 2. The van der Waals surface area contributed by atoms with Gasteiger partial charge in [0, 0.05) is 19.2 Å². The van der Waals surface area contributed by atoms with E-state index in [1.807, 2.05) is 48.5 Å². The summed E-state index contributed by atoms with van der Waals surface area (Å²) in [5, 5.41) is 3.13. The van der Waals surface area contributed by atoms with Crippen LogP contribution >= 0.6 is 0 Å². The molecular weight excluding hydrogens is 380 g/mol. The lowest BCUT2D eigenvalue weighted by Gasteiger charge is -2.39. The molecule has 2 aromatic carbocycles. The van der Waals surface area contributed by atoms with Gasteiger partial charge < -0.3 is 19.7 Å². The van der Waals surface area contributed by atoms with Crippen LogP contribution in [0.4, 0.5) is 0 Å². The number of benzene rings is 2. The van der Waals surface area contributed by atoms with Gasteiger partial charge in [0.05, 0.1) is 12.5 Å². The Kier molecular flexibility index (Phi) is 4.95. The van der Waals surface area contributed by atoms with E-state index in [1.54, 1.807) is 12.0 Å². The first-order chi connectivity index (χ1) is 14.7. The molecule has 2 aliphatic heterocycles. The van der Waals surface area contributed by atoms with Crippen molar-refractivity contribution in [1.29, 1.82) is 0 Å². The van der Waals surface area contributed by atoms with Gasteiger partial charge in [0.2, 0.25) is 11.8 Å². The normalized spacial score (nSPS) is 25.2. The van der Waals surface area contributed by atoms with Crippen LogP contribution in [0.3, 0.4) is 0 Å². The summed E-state index contributed by atoms with van der Waals surface area (Å²) in [6, 6.07) is 14.5. The van der Waals surface area contributed by atoms with Gasteiger partial charge in [0.25, 0.3) is 0 Å². The van der Waals surface area contributed by atoms with Gasteiger partial charge in [-0.25, -0.2) is 0 Å². The summed E-state index contributed by atoms with van der Waals surface area (Å²) in [6.45, 7) is 0.967. The third-order valence-corrected chi connectivity index (χ3v) is 6.31. The molecule has 30 heavy (non-hydrogen) atoms. The molecule has 0 saturated heterocycles. The number of ether oxygens (including phenoxy) is 2. The molecule has 156 valence electrons. The summed E-state index contributed by atoms with van der Waals surface area (Å²) in [6.07, 6.45) is 2.30. The molecule has 0 bridgehead atoms. The van der Waals surface area contributed by atoms with Crippen molar-refractivity contribution in [3.05, 3.63) is 65.2 Å². The fourth-order valence-electron chi connectivity index (χ4n) is 4.61. The molecule has 3 aliphatic rings. The maximum absolute atomic E-state index is 13.5. The fourth-order valence-corrected chi connectivity index (χ4v) is 4.61. The number of fused-ring (bicyclic) bond motifs is 2. The molecule has 2 heterocycles. The maximum Gasteiger partial charge on any atom is 0.247 e. The molecule has 1 saturated carbocycles. The summed E-state index contributed by atoms with van der Waals surface area (Å²) in [7, 11) is 1.64. The summed E-state index contributed by atoms with van der Waals surface area (Å²) in [4.78, 5) is 28.2. The third-order valence-electron chi connectivity index (χ3n) is 6.31. The molecule has 0 radical (unpaired) electrons. The third kappa shape index (κ3) is 3.45. The molecule has 5 rings (SSSR count). The second-order valence-corrected chi connectivity index (χ2v) is 8.39. The molecule has 0 aromatic heterocycles. The minimum Gasteiger partial charge on any atom is -0.491 e. The maximum atomic E-state index is 13.5. The number of amides is 2. The lowest BCUT2D eigenvalue weighted by Crippen LogP contribution is -2.53. The highest BCUT2D eigenvalue weighted by Crippen LogP contribution is 2.38. The number of para-hydroxylation sites is 1. The molecule has 6 heteroatoms. The first-order valence-electron chi connectivity index (χ1n) is 10.6. The molecule has 0 spiro atoms. The number of methoxy groups -OCH3 is 1. The van der Waals surface area contributed by atoms with Gasteiger partial charge in [-0.05, 0) is 36.0 Å². The van der Waals surface area contributed by atoms with E-state index in [1.165, 1.54) is 0 Å². The molecule has 6 nitrogen and oxygen atoms in total. The lowest BCUT2D eigenvalue weighted by molar-refractivity contribution is -0.142. The Morgan fingerprint density at radius 1 is 1.13 bits per heavy atom. The van der Waals surface area contributed by atoms with Crippen molar-refractivity contribution >= 4 is 11.8 Å². The topological polar surface area (TPSA) is 67.9 Å². The second-order valence-electron chi connectivity index (χ2n) is 8.39. The zero-order valence-electron chi connectivity index (χ0n) is 17.0. The fraction of sp³-hybridized carbons (Fsp3) is 0.417. The van der Waals surface area contributed by atoms with Gasteiger partial charge in [-0.15, -0.1) is 0 Å². The van der Waals surface area contributed by atoms with Gasteiger partial charge in [-0.3, -0.25) is 9.59 Å². The van der Waals surface area contributed by atoms with Crippen molar-refractivity contribution < 1.29 is 19.1 Å². The van der Waals surface area contributed by atoms with Crippen molar-refractivity contribution in [3.8, 4) is 5.75 Å². The predicted octanol–water partition coefficient (Wildman–Crippen LogP) is 2.79. The monoisotopic (exact) mass is 406 g/mol. The highest BCUT2D eigenvalue weighted by molar-refractivity contribution is 5.92. The first kappa shape index (κ1) is 19.1. The number of nitrogens with zero attached hydrogens (tertiary/aromatic N) is 1. The zero-order valence-corrected chi connectivity index (χ0v) is 17.0. The smallest absolute Gasteiger partial charge is 0.247 e. The van der Waals surface area contributed by atoms with E-state index in [0.29, 0.717) is 25.5 Å². The number of carbonyl (C=O) groups is 2. The Balaban J connectivity index is 1.43. The van der Waals surface area contributed by atoms with E-state index in [4.69, 9.17) is 9.47 Å². The van der Waals surface area contributed by atoms with Crippen LogP contribution in [-0.2, 0) is 20.7 Å². The Labute approximate surface area is 176 Å². The number of nitrogens with one attached hydrogen (secondary N) is 1. The van der Waals surface area contributed by atoms with E-state index < -0.39 is 6.04 Å². The van der Waals surface area contributed by atoms with Crippen LogP contribution in [0.2, 0.25) is 0 Å². The van der Waals surface area contributed by atoms with E-state index in [9.17, 15) is 9.59 Å². The van der Waals surface area contributed by atoms with E-state index in [-0.39, 0.29) is 24.0 Å².